The first-order valence-corrected chi connectivity index (χ1v) is 15.3. The zero-order valence-electron chi connectivity index (χ0n) is 20.7. The molecule has 4 aromatic carbocycles. The maximum Gasteiger partial charge on any atom is 0.339 e. The van der Waals surface area contributed by atoms with Gasteiger partial charge < -0.3 is 8.37 Å². The molecule has 0 amide bonds. The Balaban J connectivity index is 1.39. The molecule has 0 aromatic heterocycles. The molecule has 0 bridgehead atoms. The Morgan fingerprint density at radius 1 is 0.474 bits per heavy atom. The van der Waals surface area contributed by atoms with Gasteiger partial charge in [0.1, 0.15) is 21.3 Å². The fraction of sp³-hybridized carbons (Fsp3) is 0.200. The van der Waals surface area contributed by atoms with Gasteiger partial charge in [-0.25, -0.2) is 0 Å². The van der Waals surface area contributed by atoms with Crippen LogP contribution in [0.5, 0.6) is 11.5 Å². The van der Waals surface area contributed by atoms with Crippen molar-refractivity contribution in [1.29, 1.82) is 0 Å². The van der Waals surface area contributed by atoms with Gasteiger partial charge in [-0.3, -0.25) is 0 Å². The predicted octanol–water partition coefficient (Wildman–Crippen LogP) is 6.47. The van der Waals surface area contributed by atoms with Crippen LogP contribution in [0, 0.1) is 0 Å². The number of hydrogen-bond donors (Lipinski definition) is 0. The Kier molecular flexibility index (Phi) is 7.27. The summed E-state index contributed by atoms with van der Waals surface area (Å²) in [4.78, 5) is 0.203. The van der Waals surface area contributed by atoms with Crippen molar-refractivity contribution in [3.63, 3.8) is 0 Å². The van der Waals surface area contributed by atoms with Crippen molar-refractivity contribution < 1.29 is 25.2 Å². The van der Waals surface area contributed by atoms with Gasteiger partial charge in [0.05, 0.1) is 0 Å². The largest absolute Gasteiger partial charge is 0.379 e. The second kappa shape index (κ2) is 10.6. The highest BCUT2D eigenvalue weighted by molar-refractivity contribution is 7.87. The Morgan fingerprint density at radius 3 is 1.21 bits per heavy atom. The first kappa shape index (κ1) is 26.0. The van der Waals surface area contributed by atoms with Crippen LogP contribution in [0.25, 0.3) is 0 Å². The fourth-order valence-corrected chi connectivity index (χ4v) is 6.98. The van der Waals surface area contributed by atoms with Crippen LogP contribution in [0.2, 0.25) is 0 Å². The van der Waals surface area contributed by atoms with E-state index in [1.54, 1.807) is 60.7 Å². The van der Waals surface area contributed by atoms with Crippen LogP contribution in [-0.4, -0.2) is 16.8 Å². The molecule has 1 fully saturated rings. The zero-order chi connectivity index (χ0) is 26.6. The molecule has 0 heterocycles. The Morgan fingerprint density at radius 2 is 0.842 bits per heavy atom. The minimum Gasteiger partial charge on any atom is -0.379 e. The highest BCUT2D eigenvalue weighted by atomic mass is 32.2. The first-order valence-electron chi connectivity index (χ1n) is 12.5. The third-order valence-electron chi connectivity index (χ3n) is 7.00. The Bertz CT molecular complexity index is 1460. The van der Waals surface area contributed by atoms with Gasteiger partial charge >= 0.3 is 20.2 Å². The van der Waals surface area contributed by atoms with E-state index in [1.807, 2.05) is 24.3 Å². The molecule has 196 valence electrons. The number of benzene rings is 4. The molecule has 5 rings (SSSR count). The monoisotopic (exact) mass is 548 g/mol. The minimum absolute atomic E-state index is 0.101. The molecule has 1 aliphatic rings. The SMILES string of the molecule is O=S(=O)(Oc1ccc(C2(c3ccc(OS(=O)(=O)c4ccccc4)cc3)CCCCC2)cc1)c1ccccc1. The fourth-order valence-electron chi connectivity index (χ4n) is 5.08. The summed E-state index contributed by atoms with van der Waals surface area (Å²) >= 11 is 0. The topological polar surface area (TPSA) is 86.7 Å². The van der Waals surface area contributed by atoms with Crippen LogP contribution in [0.15, 0.2) is 119 Å². The first-order chi connectivity index (χ1) is 18.3. The van der Waals surface area contributed by atoms with E-state index in [2.05, 4.69) is 0 Å². The van der Waals surface area contributed by atoms with Gasteiger partial charge in [-0.1, -0.05) is 79.9 Å². The molecule has 1 aliphatic carbocycles. The lowest BCUT2D eigenvalue weighted by molar-refractivity contribution is 0.345. The van der Waals surface area contributed by atoms with Crippen LogP contribution < -0.4 is 8.37 Å². The maximum atomic E-state index is 12.6. The average molecular weight is 549 g/mol. The van der Waals surface area contributed by atoms with E-state index in [0.717, 1.165) is 43.2 Å². The molecular formula is C30H28O6S2. The molecule has 0 N–H and O–H groups in total. The van der Waals surface area contributed by atoms with Gasteiger partial charge in [0, 0.05) is 5.41 Å². The van der Waals surface area contributed by atoms with Crippen molar-refractivity contribution in [3.8, 4) is 11.5 Å². The second-order valence-electron chi connectivity index (χ2n) is 9.39. The van der Waals surface area contributed by atoms with Gasteiger partial charge in [-0.2, -0.15) is 16.8 Å². The third kappa shape index (κ3) is 5.47. The van der Waals surface area contributed by atoms with Gasteiger partial charge in [-0.05, 0) is 72.5 Å². The molecule has 0 unspecified atom stereocenters. The van der Waals surface area contributed by atoms with Crippen LogP contribution in [0.3, 0.4) is 0 Å². The molecule has 0 spiro atoms. The van der Waals surface area contributed by atoms with E-state index in [-0.39, 0.29) is 26.7 Å². The average Bonchev–Trinajstić information content (AvgIpc) is 2.95. The predicted molar refractivity (Wildman–Crippen MR) is 145 cm³/mol. The smallest absolute Gasteiger partial charge is 0.339 e. The summed E-state index contributed by atoms with van der Waals surface area (Å²) in [5.41, 5.74) is 1.85. The summed E-state index contributed by atoms with van der Waals surface area (Å²) in [5, 5.41) is 0. The summed E-state index contributed by atoms with van der Waals surface area (Å²) in [7, 11) is -7.84. The molecule has 8 heteroatoms. The van der Waals surface area contributed by atoms with Gasteiger partial charge in [0.2, 0.25) is 0 Å². The molecular weight excluding hydrogens is 520 g/mol. The van der Waals surface area contributed by atoms with Crippen molar-refractivity contribution >= 4 is 20.2 Å². The molecule has 0 radical (unpaired) electrons. The van der Waals surface area contributed by atoms with Gasteiger partial charge in [0.15, 0.2) is 0 Å². The summed E-state index contributed by atoms with van der Waals surface area (Å²) in [6.45, 7) is 0. The molecule has 6 nitrogen and oxygen atoms in total. The van der Waals surface area contributed by atoms with E-state index < -0.39 is 20.2 Å². The van der Waals surface area contributed by atoms with Crippen molar-refractivity contribution in [2.75, 3.05) is 0 Å². The van der Waals surface area contributed by atoms with Gasteiger partial charge in [-0.15, -0.1) is 0 Å². The van der Waals surface area contributed by atoms with Crippen molar-refractivity contribution in [2.24, 2.45) is 0 Å². The lowest BCUT2D eigenvalue weighted by Crippen LogP contribution is -2.30. The summed E-state index contributed by atoms with van der Waals surface area (Å²) in [6, 6.07) is 30.6. The number of rotatable bonds is 8. The highest BCUT2D eigenvalue weighted by Gasteiger charge is 2.36. The van der Waals surface area contributed by atoms with Crippen LogP contribution >= 0.6 is 0 Å². The molecule has 1 saturated carbocycles. The van der Waals surface area contributed by atoms with E-state index in [0.29, 0.717) is 0 Å². The molecule has 0 atom stereocenters. The zero-order valence-corrected chi connectivity index (χ0v) is 22.3. The lowest BCUT2D eigenvalue weighted by atomic mass is 9.65. The normalized spacial score (nSPS) is 15.5. The Hall–Kier alpha value is -3.62. The quantitative estimate of drug-likeness (QED) is 0.235. The number of hydrogen-bond acceptors (Lipinski definition) is 6. The van der Waals surface area contributed by atoms with E-state index in [4.69, 9.17) is 8.37 Å². The van der Waals surface area contributed by atoms with Gasteiger partial charge in [0.25, 0.3) is 0 Å². The highest BCUT2D eigenvalue weighted by Crippen LogP contribution is 2.45. The third-order valence-corrected chi connectivity index (χ3v) is 9.52. The van der Waals surface area contributed by atoms with E-state index in [1.165, 1.54) is 24.3 Å². The van der Waals surface area contributed by atoms with E-state index >= 15 is 0 Å². The summed E-state index contributed by atoms with van der Waals surface area (Å²) in [6.07, 6.45) is 5.12. The van der Waals surface area contributed by atoms with Crippen molar-refractivity contribution in [1.82, 2.24) is 0 Å². The van der Waals surface area contributed by atoms with Crippen LogP contribution in [0.1, 0.15) is 43.2 Å². The molecule has 0 aliphatic heterocycles. The molecule has 38 heavy (non-hydrogen) atoms. The summed E-state index contributed by atoms with van der Waals surface area (Å²) < 4.78 is 61.2. The Labute approximate surface area is 224 Å². The molecule has 0 saturated heterocycles. The second-order valence-corrected chi connectivity index (χ2v) is 12.5. The maximum absolute atomic E-state index is 12.6. The van der Waals surface area contributed by atoms with Crippen LogP contribution in [-0.2, 0) is 25.7 Å². The van der Waals surface area contributed by atoms with E-state index in [9.17, 15) is 16.8 Å². The standard InChI is InChI=1S/C30H28O6S2/c31-37(32,28-10-4-1-5-11-28)35-26-18-14-24(15-19-26)30(22-8-3-9-23-30)25-16-20-27(21-17-25)36-38(33,34)29-12-6-2-7-13-29/h1-2,4-7,10-21H,3,8-9,22-23H2. The van der Waals surface area contributed by atoms with Crippen LogP contribution in [0.4, 0.5) is 0 Å². The lowest BCUT2D eigenvalue weighted by Gasteiger charge is -2.38. The minimum atomic E-state index is -3.92. The van der Waals surface area contributed by atoms with Crippen molar-refractivity contribution in [3.05, 3.63) is 120 Å². The van der Waals surface area contributed by atoms with Crippen molar-refractivity contribution in [2.45, 2.75) is 47.3 Å². The molecule has 4 aromatic rings. The summed E-state index contributed by atoms with van der Waals surface area (Å²) in [5.74, 6) is 0.497.